The number of hydrogen-bond donors (Lipinski definition) is 1. The van der Waals surface area contributed by atoms with Crippen molar-refractivity contribution in [3.05, 3.63) is 35.4 Å². The molecule has 4 nitrogen and oxygen atoms in total. The van der Waals surface area contributed by atoms with Crippen LogP contribution in [0.15, 0.2) is 18.2 Å². The molecule has 28 heavy (non-hydrogen) atoms. The van der Waals surface area contributed by atoms with Gasteiger partial charge in [0.05, 0.1) is 18.8 Å². The van der Waals surface area contributed by atoms with Gasteiger partial charge in [-0.15, -0.1) is 0 Å². The third kappa shape index (κ3) is 4.23. The molecule has 0 aromatic heterocycles. The summed E-state index contributed by atoms with van der Waals surface area (Å²) in [5.74, 6) is -0.564. The Kier molecular flexibility index (Phi) is 5.97. The van der Waals surface area contributed by atoms with Crippen molar-refractivity contribution in [1.82, 2.24) is 4.90 Å². The second kappa shape index (κ2) is 8.46. The predicted molar refractivity (Wildman–Crippen MR) is 103 cm³/mol. The van der Waals surface area contributed by atoms with Crippen LogP contribution >= 0.6 is 0 Å². The monoisotopic (exact) mass is 392 g/mol. The Hall–Kier alpha value is -1.53. The molecule has 1 heterocycles. The lowest BCUT2D eigenvalue weighted by atomic mass is 9.82. The second-order valence-electron chi connectivity index (χ2n) is 8.62. The van der Waals surface area contributed by atoms with Crippen molar-refractivity contribution in [2.75, 3.05) is 13.2 Å². The van der Waals surface area contributed by atoms with E-state index in [1.54, 1.807) is 0 Å². The maximum absolute atomic E-state index is 14.0. The number of hydrogen-bond acceptors (Lipinski definition) is 3. The van der Waals surface area contributed by atoms with Crippen LogP contribution in [0.2, 0.25) is 0 Å². The number of likely N-dealkylation sites (tertiary alicyclic amines) is 1. The Bertz CT molecular complexity index is 682. The lowest BCUT2D eigenvalue weighted by molar-refractivity contribution is -0.139. The van der Waals surface area contributed by atoms with Crippen LogP contribution in [0.25, 0.3) is 0 Å². The van der Waals surface area contributed by atoms with Crippen LogP contribution in [0.1, 0.15) is 62.8 Å². The molecule has 1 aromatic rings. The van der Waals surface area contributed by atoms with E-state index < -0.39 is 11.6 Å². The topological polar surface area (TPSA) is 55.6 Å². The summed E-state index contributed by atoms with van der Waals surface area (Å²) in [6, 6.07) is 3.97. The molecule has 1 saturated heterocycles. The molecular formula is C22H30F2N2O2. The molecule has 2 atom stereocenters. The summed E-state index contributed by atoms with van der Waals surface area (Å²) < 4.78 is 34.2. The fraction of sp³-hybridized carbons (Fsp3) is 0.682. The van der Waals surface area contributed by atoms with Crippen molar-refractivity contribution in [2.45, 2.75) is 75.5 Å². The number of carbonyl (C=O) groups excluding carboxylic acids is 1. The van der Waals surface area contributed by atoms with Crippen molar-refractivity contribution < 1.29 is 18.3 Å². The van der Waals surface area contributed by atoms with Gasteiger partial charge in [-0.25, -0.2) is 8.78 Å². The summed E-state index contributed by atoms with van der Waals surface area (Å²) in [7, 11) is 0. The molecule has 4 rings (SSSR count). The summed E-state index contributed by atoms with van der Waals surface area (Å²) in [6.07, 6.45) is 6.90. The maximum Gasteiger partial charge on any atom is 0.226 e. The molecule has 6 heteroatoms. The SMILES string of the molecule is NC1CCCN(C(=O)C2CC2)[C@H]1COC1CCC(c2c(F)cccc2F)CC1. The van der Waals surface area contributed by atoms with E-state index in [0.29, 0.717) is 19.4 Å². The van der Waals surface area contributed by atoms with Crippen LogP contribution < -0.4 is 5.73 Å². The first-order chi connectivity index (χ1) is 13.5. The van der Waals surface area contributed by atoms with E-state index >= 15 is 0 Å². The van der Waals surface area contributed by atoms with Crippen LogP contribution in [-0.2, 0) is 9.53 Å². The van der Waals surface area contributed by atoms with E-state index in [4.69, 9.17) is 10.5 Å². The number of nitrogens with two attached hydrogens (primary N) is 1. The van der Waals surface area contributed by atoms with Gasteiger partial charge in [0.2, 0.25) is 5.91 Å². The zero-order chi connectivity index (χ0) is 19.7. The number of carbonyl (C=O) groups is 1. The Morgan fingerprint density at radius 3 is 2.39 bits per heavy atom. The van der Waals surface area contributed by atoms with Gasteiger partial charge in [0, 0.05) is 24.1 Å². The van der Waals surface area contributed by atoms with E-state index in [1.807, 2.05) is 4.90 Å². The van der Waals surface area contributed by atoms with E-state index in [9.17, 15) is 13.6 Å². The van der Waals surface area contributed by atoms with Gasteiger partial charge in [-0.05, 0) is 69.4 Å². The van der Waals surface area contributed by atoms with E-state index in [-0.39, 0.29) is 41.5 Å². The van der Waals surface area contributed by atoms with Crippen molar-refractivity contribution in [3.8, 4) is 0 Å². The summed E-state index contributed by atoms with van der Waals surface area (Å²) in [5, 5.41) is 0. The number of nitrogens with zero attached hydrogens (tertiary/aromatic N) is 1. The first kappa shape index (κ1) is 19.8. The average Bonchev–Trinajstić information content (AvgIpc) is 3.52. The summed E-state index contributed by atoms with van der Waals surface area (Å²) in [5.41, 5.74) is 6.54. The molecule has 2 saturated carbocycles. The Labute approximate surface area is 165 Å². The number of piperidine rings is 1. The van der Waals surface area contributed by atoms with Crippen molar-refractivity contribution in [1.29, 1.82) is 0 Å². The molecule has 3 fully saturated rings. The molecule has 0 spiro atoms. The van der Waals surface area contributed by atoms with Crippen LogP contribution in [-0.4, -0.2) is 42.1 Å². The predicted octanol–water partition coefficient (Wildman–Crippen LogP) is 3.74. The van der Waals surface area contributed by atoms with Gasteiger partial charge in [0.15, 0.2) is 0 Å². The van der Waals surface area contributed by atoms with E-state index in [1.165, 1.54) is 18.2 Å². The minimum atomic E-state index is -0.452. The highest BCUT2D eigenvalue weighted by atomic mass is 19.1. The highest BCUT2D eigenvalue weighted by Crippen LogP contribution is 2.37. The number of benzene rings is 1. The largest absolute Gasteiger partial charge is 0.376 e. The third-order valence-electron chi connectivity index (χ3n) is 6.63. The minimum Gasteiger partial charge on any atom is -0.376 e. The molecule has 1 amide bonds. The van der Waals surface area contributed by atoms with Crippen LogP contribution in [0.4, 0.5) is 8.78 Å². The molecule has 1 aromatic carbocycles. The number of amides is 1. The lowest BCUT2D eigenvalue weighted by Gasteiger charge is -2.41. The summed E-state index contributed by atoms with van der Waals surface area (Å²) in [4.78, 5) is 14.5. The highest BCUT2D eigenvalue weighted by Gasteiger charge is 2.40. The Morgan fingerprint density at radius 2 is 1.75 bits per heavy atom. The van der Waals surface area contributed by atoms with Gasteiger partial charge in [-0.3, -0.25) is 4.79 Å². The normalized spacial score (nSPS) is 31.0. The van der Waals surface area contributed by atoms with Crippen LogP contribution in [0.5, 0.6) is 0 Å². The number of halogens is 2. The van der Waals surface area contributed by atoms with Gasteiger partial charge < -0.3 is 15.4 Å². The lowest BCUT2D eigenvalue weighted by Crippen LogP contribution is -2.57. The Morgan fingerprint density at radius 1 is 1.07 bits per heavy atom. The third-order valence-corrected chi connectivity index (χ3v) is 6.63. The molecule has 1 unspecified atom stereocenters. The van der Waals surface area contributed by atoms with Crippen molar-refractivity contribution in [3.63, 3.8) is 0 Å². The van der Waals surface area contributed by atoms with Gasteiger partial charge >= 0.3 is 0 Å². The number of ether oxygens (including phenoxy) is 1. The van der Waals surface area contributed by atoms with Crippen LogP contribution in [0.3, 0.4) is 0 Å². The smallest absolute Gasteiger partial charge is 0.226 e. The van der Waals surface area contributed by atoms with Crippen molar-refractivity contribution >= 4 is 5.91 Å². The molecular weight excluding hydrogens is 362 g/mol. The summed E-state index contributed by atoms with van der Waals surface area (Å²) >= 11 is 0. The molecule has 0 radical (unpaired) electrons. The van der Waals surface area contributed by atoms with Gasteiger partial charge in [-0.1, -0.05) is 6.07 Å². The maximum atomic E-state index is 14.0. The fourth-order valence-corrected chi connectivity index (χ4v) is 4.79. The van der Waals surface area contributed by atoms with Gasteiger partial charge in [0.1, 0.15) is 11.6 Å². The van der Waals surface area contributed by atoms with E-state index in [2.05, 4.69) is 0 Å². The number of rotatable bonds is 5. The first-order valence-electron chi connectivity index (χ1n) is 10.7. The molecule has 2 aliphatic carbocycles. The second-order valence-corrected chi connectivity index (χ2v) is 8.62. The summed E-state index contributed by atoms with van der Waals surface area (Å²) in [6.45, 7) is 1.24. The molecule has 1 aliphatic heterocycles. The molecule has 2 N–H and O–H groups in total. The van der Waals surface area contributed by atoms with E-state index in [0.717, 1.165) is 45.1 Å². The standard InChI is InChI=1S/C22H30F2N2O2/c23-17-3-1-4-18(24)21(17)14-8-10-16(11-9-14)28-13-20-19(25)5-2-12-26(20)22(27)15-6-7-15/h1,3-4,14-16,19-20H,2,5-13,25H2/t14?,16?,19?,20-/m0/s1. The minimum absolute atomic E-state index is 0.0414. The van der Waals surface area contributed by atoms with Crippen LogP contribution in [0, 0.1) is 17.6 Å². The zero-order valence-corrected chi connectivity index (χ0v) is 16.3. The molecule has 0 bridgehead atoms. The molecule has 3 aliphatic rings. The van der Waals surface area contributed by atoms with Gasteiger partial charge in [0.25, 0.3) is 0 Å². The highest BCUT2D eigenvalue weighted by molar-refractivity contribution is 5.81. The first-order valence-corrected chi connectivity index (χ1v) is 10.7. The quantitative estimate of drug-likeness (QED) is 0.831. The zero-order valence-electron chi connectivity index (χ0n) is 16.3. The van der Waals surface area contributed by atoms with Gasteiger partial charge in [-0.2, -0.15) is 0 Å². The average molecular weight is 392 g/mol. The Balaban J connectivity index is 1.31. The van der Waals surface area contributed by atoms with Crippen molar-refractivity contribution in [2.24, 2.45) is 11.7 Å². The molecule has 154 valence electrons. The fourth-order valence-electron chi connectivity index (χ4n) is 4.79.